The van der Waals surface area contributed by atoms with Gasteiger partial charge in [-0.15, -0.1) is 0 Å². The zero-order valence-corrected chi connectivity index (χ0v) is 12.4. The summed E-state index contributed by atoms with van der Waals surface area (Å²) in [6.07, 6.45) is 1.09. The second-order valence-corrected chi connectivity index (χ2v) is 5.99. The number of anilines is 1. The Labute approximate surface area is 122 Å². The number of fused-ring (bicyclic) bond motifs is 1. The summed E-state index contributed by atoms with van der Waals surface area (Å²) in [6, 6.07) is 14.8. The van der Waals surface area contributed by atoms with Crippen LogP contribution in [0.2, 0.25) is 0 Å². The molecule has 0 bridgehead atoms. The van der Waals surface area contributed by atoms with Gasteiger partial charge >= 0.3 is 0 Å². The van der Waals surface area contributed by atoms with Gasteiger partial charge in [-0.3, -0.25) is 4.90 Å². The van der Waals surface area contributed by atoms with E-state index in [2.05, 4.69) is 57.2 Å². The second kappa shape index (κ2) is 5.35. The number of rotatable bonds is 2. The van der Waals surface area contributed by atoms with Crippen molar-refractivity contribution in [3.63, 3.8) is 0 Å². The van der Waals surface area contributed by atoms with Crippen LogP contribution in [-0.2, 0) is 19.5 Å². The molecule has 0 saturated heterocycles. The van der Waals surface area contributed by atoms with E-state index in [0.29, 0.717) is 0 Å². The molecule has 0 aliphatic carbocycles. The van der Waals surface area contributed by atoms with Crippen molar-refractivity contribution < 1.29 is 0 Å². The van der Waals surface area contributed by atoms with Crippen molar-refractivity contribution in [1.29, 1.82) is 0 Å². The fourth-order valence-electron chi connectivity index (χ4n) is 2.69. The first-order valence-corrected chi connectivity index (χ1v) is 7.35. The Balaban J connectivity index is 1.77. The third kappa shape index (κ3) is 2.82. The summed E-state index contributed by atoms with van der Waals surface area (Å²) >= 11 is 3.53. The van der Waals surface area contributed by atoms with Crippen molar-refractivity contribution in [2.45, 2.75) is 19.5 Å². The third-order valence-electron chi connectivity index (χ3n) is 3.68. The Morgan fingerprint density at radius 2 is 2.00 bits per heavy atom. The van der Waals surface area contributed by atoms with Gasteiger partial charge in [0.05, 0.1) is 0 Å². The topological polar surface area (TPSA) is 29.3 Å². The van der Waals surface area contributed by atoms with Gasteiger partial charge in [0.1, 0.15) is 0 Å². The second-order valence-electron chi connectivity index (χ2n) is 5.08. The van der Waals surface area contributed by atoms with Crippen LogP contribution >= 0.6 is 15.9 Å². The zero-order chi connectivity index (χ0) is 13.2. The van der Waals surface area contributed by atoms with E-state index in [1.54, 1.807) is 0 Å². The molecule has 0 atom stereocenters. The molecule has 3 heteroatoms. The van der Waals surface area contributed by atoms with Crippen LogP contribution < -0.4 is 5.73 Å². The van der Waals surface area contributed by atoms with Crippen LogP contribution in [0.4, 0.5) is 5.69 Å². The average molecular weight is 317 g/mol. The Bertz CT molecular complexity index is 595. The van der Waals surface area contributed by atoms with Crippen molar-refractivity contribution >= 4 is 21.6 Å². The van der Waals surface area contributed by atoms with Crippen LogP contribution in [0.25, 0.3) is 0 Å². The Morgan fingerprint density at radius 3 is 2.84 bits per heavy atom. The molecule has 0 fully saturated rings. The van der Waals surface area contributed by atoms with E-state index in [1.807, 2.05) is 6.07 Å². The van der Waals surface area contributed by atoms with E-state index in [1.165, 1.54) is 16.7 Å². The van der Waals surface area contributed by atoms with Gasteiger partial charge in [-0.25, -0.2) is 0 Å². The molecule has 19 heavy (non-hydrogen) atoms. The molecule has 0 spiro atoms. The zero-order valence-electron chi connectivity index (χ0n) is 10.8. The molecule has 0 saturated carbocycles. The number of nitrogens with zero attached hydrogens (tertiary/aromatic N) is 1. The molecular weight excluding hydrogens is 300 g/mol. The lowest BCUT2D eigenvalue weighted by Crippen LogP contribution is -2.30. The summed E-state index contributed by atoms with van der Waals surface area (Å²) in [5, 5.41) is 0. The number of halogens is 1. The van der Waals surface area contributed by atoms with Crippen LogP contribution in [0.3, 0.4) is 0 Å². The van der Waals surface area contributed by atoms with E-state index >= 15 is 0 Å². The largest absolute Gasteiger partial charge is 0.398 e. The van der Waals surface area contributed by atoms with E-state index in [0.717, 1.165) is 36.2 Å². The summed E-state index contributed by atoms with van der Waals surface area (Å²) < 4.78 is 1.14. The molecule has 98 valence electrons. The number of nitrogens with two attached hydrogens (primary N) is 1. The smallest absolute Gasteiger partial charge is 0.0362 e. The van der Waals surface area contributed by atoms with Crippen LogP contribution in [0.5, 0.6) is 0 Å². The highest BCUT2D eigenvalue weighted by atomic mass is 79.9. The van der Waals surface area contributed by atoms with Gasteiger partial charge in [-0.1, -0.05) is 40.2 Å². The molecular formula is C16H17BrN2. The fourth-order valence-corrected chi connectivity index (χ4v) is 3.14. The number of nitrogen functional groups attached to an aromatic ring is 1. The lowest BCUT2D eigenvalue weighted by molar-refractivity contribution is 0.246. The van der Waals surface area contributed by atoms with Gasteiger partial charge in [0, 0.05) is 29.8 Å². The fraction of sp³-hybridized carbons (Fsp3) is 0.250. The van der Waals surface area contributed by atoms with Crippen molar-refractivity contribution in [2.75, 3.05) is 12.3 Å². The summed E-state index contributed by atoms with van der Waals surface area (Å²) in [4.78, 5) is 2.46. The molecule has 3 rings (SSSR count). The lowest BCUT2D eigenvalue weighted by Gasteiger charge is -2.29. The Hall–Kier alpha value is -1.32. The minimum absolute atomic E-state index is 0.927. The third-order valence-corrected chi connectivity index (χ3v) is 4.18. The Morgan fingerprint density at radius 1 is 1.16 bits per heavy atom. The highest BCUT2D eigenvalue weighted by Crippen LogP contribution is 2.25. The standard InChI is InChI=1S/C16H17BrN2/c17-14-5-1-3-12(9-14)10-19-8-7-13-4-2-6-16(18)15(13)11-19/h1-6,9H,7-8,10-11,18H2. The van der Waals surface area contributed by atoms with Gasteiger partial charge in [0.2, 0.25) is 0 Å². The molecule has 2 aromatic carbocycles. The molecule has 2 nitrogen and oxygen atoms in total. The van der Waals surface area contributed by atoms with E-state index in [-0.39, 0.29) is 0 Å². The van der Waals surface area contributed by atoms with Crippen LogP contribution in [0.15, 0.2) is 46.9 Å². The molecule has 0 aromatic heterocycles. The highest BCUT2D eigenvalue weighted by Gasteiger charge is 2.17. The first kappa shape index (κ1) is 12.7. The van der Waals surface area contributed by atoms with Crippen molar-refractivity contribution in [2.24, 2.45) is 0 Å². The molecule has 0 amide bonds. The Kier molecular flexibility index (Phi) is 3.58. The first-order valence-electron chi connectivity index (χ1n) is 6.55. The van der Waals surface area contributed by atoms with Crippen molar-refractivity contribution in [3.8, 4) is 0 Å². The summed E-state index contributed by atoms with van der Waals surface area (Å²) in [6.45, 7) is 3.03. The minimum atomic E-state index is 0.927. The predicted molar refractivity (Wildman–Crippen MR) is 82.8 cm³/mol. The van der Waals surface area contributed by atoms with Gasteiger partial charge in [-0.05, 0) is 41.3 Å². The first-order chi connectivity index (χ1) is 9.22. The van der Waals surface area contributed by atoms with Crippen LogP contribution in [-0.4, -0.2) is 11.4 Å². The van der Waals surface area contributed by atoms with Gasteiger partial charge < -0.3 is 5.73 Å². The molecule has 2 aromatic rings. The van der Waals surface area contributed by atoms with Crippen molar-refractivity contribution in [3.05, 3.63) is 63.6 Å². The summed E-state index contributed by atoms with van der Waals surface area (Å²) in [7, 11) is 0. The maximum atomic E-state index is 6.09. The van der Waals surface area contributed by atoms with E-state index in [4.69, 9.17) is 5.73 Å². The molecule has 1 aliphatic heterocycles. The highest BCUT2D eigenvalue weighted by molar-refractivity contribution is 9.10. The van der Waals surface area contributed by atoms with Gasteiger partial charge in [0.25, 0.3) is 0 Å². The lowest BCUT2D eigenvalue weighted by atomic mass is 9.98. The number of hydrogen-bond donors (Lipinski definition) is 1. The van der Waals surface area contributed by atoms with Gasteiger partial charge in [-0.2, -0.15) is 0 Å². The number of benzene rings is 2. The molecule has 0 radical (unpaired) electrons. The molecule has 1 aliphatic rings. The minimum Gasteiger partial charge on any atom is -0.398 e. The van der Waals surface area contributed by atoms with E-state index in [9.17, 15) is 0 Å². The normalized spacial score (nSPS) is 15.2. The maximum absolute atomic E-state index is 6.09. The summed E-state index contributed by atoms with van der Waals surface area (Å²) in [5.74, 6) is 0. The molecule has 2 N–H and O–H groups in total. The SMILES string of the molecule is Nc1cccc2c1CN(Cc1cccc(Br)c1)CC2. The monoisotopic (exact) mass is 316 g/mol. The average Bonchev–Trinajstić information content (AvgIpc) is 2.40. The van der Waals surface area contributed by atoms with Crippen molar-refractivity contribution in [1.82, 2.24) is 4.90 Å². The summed E-state index contributed by atoms with van der Waals surface area (Å²) in [5.41, 5.74) is 11.1. The van der Waals surface area contributed by atoms with Crippen LogP contribution in [0.1, 0.15) is 16.7 Å². The molecule has 0 unspecified atom stereocenters. The quantitative estimate of drug-likeness (QED) is 0.858. The predicted octanol–water partition coefficient (Wildman–Crippen LogP) is 3.59. The van der Waals surface area contributed by atoms with Gasteiger partial charge in [0.15, 0.2) is 0 Å². The molecule has 1 heterocycles. The van der Waals surface area contributed by atoms with Crippen LogP contribution in [0, 0.1) is 0 Å². The maximum Gasteiger partial charge on any atom is 0.0362 e. The van der Waals surface area contributed by atoms with E-state index < -0.39 is 0 Å². The number of hydrogen-bond acceptors (Lipinski definition) is 2.